The van der Waals surface area contributed by atoms with Gasteiger partial charge >= 0.3 is 0 Å². The van der Waals surface area contributed by atoms with Crippen LogP contribution in [0.2, 0.25) is 0 Å². The summed E-state index contributed by atoms with van der Waals surface area (Å²) >= 11 is 0. The summed E-state index contributed by atoms with van der Waals surface area (Å²) < 4.78 is 1.70. The molecule has 5 heteroatoms. The van der Waals surface area contributed by atoms with Gasteiger partial charge in [-0.15, -0.1) is 0 Å². The highest BCUT2D eigenvalue weighted by atomic mass is 16.1. The maximum absolute atomic E-state index is 12.1. The molecule has 1 aliphatic rings. The largest absolute Gasteiger partial charge is 0.361 e. The number of anilines is 1. The van der Waals surface area contributed by atoms with Crippen molar-refractivity contribution in [1.29, 1.82) is 0 Å². The summed E-state index contributed by atoms with van der Waals surface area (Å²) in [5, 5.41) is 6.55. The summed E-state index contributed by atoms with van der Waals surface area (Å²) in [4.78, 5) is 16.2. The third kappa shape index (κ3) is 2.85. The molecule has 0 radical (unpaired) electrons. The first-order valence-electron chi connectivity index (χ1n) is 6.23. The van der Waals surface area contributed by atoms with Crippen molar-refractivity contribution in [2.24, 2.45) is 0 Å². The average Bonchev–Trinajstić information content (AvgIpc) is 2.33. The molecule has 0 spiro atoms. The zero-order valence-corrected chi connectivity index (χ0v) is 10.4. The molecule has 2 N–H and O–H groups in total. The zero-order valence-electron chi connectivity index (χ0n) is 10.4. The Hall–Kier alpha value is -1.36. The van der Waals surface area contributed by atoms with E-state index < -0.39 is 0 Å². The molecule has 1 unspecified atom stereocenters. The first kappa shape index (κ1) is 12.1. The van der Waals surface area contributed by atoms with Crippen molar-refractivity contribution in [2.45, 2.75) is 38.8 Å². The van der Waals surface area contributed by atoms with Crippen molar-refractivity contribution in [3.05, 3.63) is 22.7 Å². The van der Waals surface area contributed by atoms with E-state index in [4.69, 9.17) is 0 Å². The Morgan fingerprint density at radius 2 is 2.41 bits per heavy atom. The molecular weight excluding hydrogens is 216 g/mol. The highest BCUT2D eigenvalue weighted by Crippen LogP contribution is 2.07. The molecule has 0 saturated carbocycles. The molecule has 0 aliphatic carbocycles. The predicted molar refractivity (Wildman–Crippen MR) is 68.4 cm³/mol. The second-order valence-corrected chi connectivity index (χ2v) is 4.77. The first-order valence-corrected chi connectivity index (χ1v) is 6.23. The quantitative estimate of drug-likeness (QED) is 0.821. The van der Waals surface area contributed by atoms with E-state index in [9.17, 15) is 4.79 Å². The minimum Gasteiger partial charge on any atom is -0.361 e. The number of hydrogen-bond acceptors (Lipinski definition) is 4. The third-order valence-corrected chi connectivity index (χ3v) is 3.06. The molecule has 1 fully saturated rings. The van der Waals surface area contributed by atoms with Crippen LogP contribution in [0, 0.1) is 0 Å². The lowest BCUT2D eigenvalue weighted by Crippen LogP contribution is -2.40. The Morgan fingerprint density at radius 3 is 3.06 bits per heavy atom. The normalized spacial score (nSPS) is 20.5. The highest BCUT2D eigenvalue weighted by molar-refractivity contribution is 5.32. The van der Waals surface area contributed by atoms with Crippen LogP contribution >= 0.6 is 0 Å². The van der Waals surface area contributed by atoms with Crippen molar-refractivity contribution >= 4 is 5.82 Å². The molecule has 1 aromatic heterocycles. The second-order valence-electron chi connectivity index (χ2n) is 4.77. The summed E-state index contributed by atoms with van der Waals surface area (Å²) in [5.41, 5.74) is -0.0342. The lowest BCUT2D eigenvalue weighted by molar-refractivity contribution is 0.477. The van der Waals surface area contributed by atoms with Gasteiger partial charge in [-0.1, -0.05) is 0 Å². The van der Waals surface area contributed by atoms with E-state index in [0.29, 0.717) is 11.9 Å². The molecule has 1 saturated heterocycles. The summed E-state index contributed by atoms with van der Waals surface area (Å²) in [5.74, 6) is 0.468. The van der Waals surface area contributed by atoms with E-state index in [1.54, 1.807) is 17.0 Å². The van der Waals surface area contributed by atoms with Gasteiger partial charge < -0.3 is 15.2 Å². The highest BCUT2D eigenvalue weighted by Gasteiger charge is 2.15. The molecule has 5 nitrogen and oxygen atoms in total. The number of hydrogen-bond donors (Lipinski definition) is 2. The van der Waals surface area contributed by atoms with Crippen molar-refractivity contribution in [2.75, 3.05) is 18.4 Å². The average molecular weight is 236 g/mol. The maximum Gasteiger partial charge on any atom is 0.293 e. The van der Waals surface area contributed by atoms with Gasteiger partial charge in [0.1, 0.15) is 0 Å². The molecular formula is C12H20N4O. The third-order valence-electron chi connectivity index (χ3n) is 3.06. The van der Waals surface area contributed by atoms with Crippen molar-refractivity contribution < 1.29 is 0 Å². The van der Waals surface area contributed by atoms with Gasteiger partial charge in [0.05, 0.1) is 0 Å². The van der Waals surface area contributed by atoms with Crippen LogP contribution in [-0.4, -0.2) is 28.7 Å². The van der Waals surface area contributed by atoms with Crippen LogP contribution in [-0.2, 0) is 0 Å². The number of aromatic nitrogens is 2. The van der Waals surface area contributed by atoms with E-state index in [0.717, 1.165) is 25.9 Å². The first-order chi connectivity index (χ1) is 8.18. The molecule has 1 atom stereocenters. The topological polar surface area (TPSA) is 59.0 Å². The van der Waals surface area contributed by atoms with Gasteiger partial charge in [-0.2, -0.15) is 0 Å². The van der Waals surface area contributed by atoms with Crippen LogP contribution in [0.5, 0.6) is 0 Å². The van der Waals surface area contributed by atoms with E-state index in [2.05, 4.69) is 15.6 Å². The summed E-state index contributed by atoms with van der Waals surface area (Å²) in [7, 11) is 0. The van der Waals surface area contributed by atoms with E-state index in [1.807, 2.05) is 13.8 Å². The molecule has 0 bridgehead atoms. The Kier molecular flexibility index (Phi) is 3.78. The molecule has 1 aliphatic heterocycles. The molecule has 17 heavy (non-hydrogen) atoms. The molecule has 94 valence electrons. The fraction of sp³-hybridized carbons (Fsp3) is 0.667. The molecule has 1 aromatic rings. The minimum atomic E-state index is -0.0342. The summed E-state index contributed by atoms with van der Waals surface area (Å²) in [6.07, 6.45) is 5.64. The minimum absolute atomic E-state index is 0.0342. The van der Waals surface area contributed by atoms with Gasteiger partial charge in [0, 0.05) is 31.0 Å². The lowest BCUT2D eigenvalue weighted by atomic mass is 10.1. The van der Waals surface area contributed by atoms with Crippen LogP contribution < -0.4 is 16.2 Å². The fourth-order valence-electron chi connectivity index (χ4n) is 2.10. The van der Waals surface area contributed by atoms with Crippen molar-refractivity contribution in [3.63, 3.8) is 0 Å². The summed E-state index contributed by atoms with van der Waals surface area (Å²) in [6.45, 7) is 5.95. The van der Waals surface area contributed by atoms with E-state index >= 15 is 0 Å². The van der Waals surface area contributed by atoms with Crippen LogP contribution in [0.3, 0.4) is 0 Å². The fourth-order valence-corrected chi connectivity index (χ4v) is 2.10. The molecule has 0 amide bonds. The van der Waals surface area contributed by atoms with Gasteiger partial charge in [-0.25, -0.2) is 4.98 Å². The predicted octanol–water partition coefficient (Wildman–Crippen LogP) is 0.988. The second kappa shape index (κ2) is 5.31. The van der Waals surface area contributed by atoms with E-state index in [-0.39, 0.29) is 11.6 Å². The van der Waals surface area contributed by atoms with Crippen molar-refractivity contribution in [1.82, 2.24) is 14.9 Å². The summed E-state index contributed by atoms with van der Waals surface area (Å²) in [6, 6.07) is 0.475. The van der Waals surface area contributed by atoms with Crippen LogP contribution in [0.4, 0.5) is 5.82 Å². The maximum atomic E-state index is 12.1. The Labute approximate surface area is 101 Å². The Morgan fingerprint density at radius 1 is 1.59 bits per heavy atom. The molecule has 0 aromatic carbocycles. The number of nitrogens with zero attached hydrogens (tertiary/aromatic N) is 2. The van der Waals surface area contributed by atoms with Gasteiger partial charge in [0.15, 0.2) is 5.82 Å². The monoisotopic (exact) mass is 236 g/mol. The van der Waals surface area contributed by atoms with E-state index in [1.165, 1.54) is 0 Å². The Balaban J connectivity index is 2.15. The van der Waals surface area contributed by atoms with Crippen molar-refractivity contribution in [3.8, 4) is 0 Å². The van der Waals surface area contributed by atoms with Crippen LogP contribution in [0.1, 0.15) is 32.7 Å². The van der Waals surface area contributed by atoms with Gasteiger partial charge in [0.2, 0.25) is 0 Å². The van der Waals surface area contributed by atoms with Crippen LogP contribution in [0.15, 0.2) is 17.2 Å². The van der Waals surface area contributed by atoms with Gasteiger partial charge in [-0.05, 0) is 33.2 Å². The molecule has 2 rings (SSSR count). The SMILES string of the molecule is CC(C)n1ccnc(NC2CCCNC2)c1=O. The smallest absolute Gasteiger partial charge is 0.293 e. The Bertz CT molecular complexity index is 421. The standard InChI is InChI=1S/C12H20N4O/c1-9(2)16-7-6-14-11(12(16)17)15-10-4-3-5-13-8-10/h6-7,9-10,13H,3-5,8H2,1-2H3,(H,14,15). The lowest BCUT2D eigenvalue weighted by Gasteiger charge is -2.24. The van der Waals surface area contributed by atoms with Crippen LogP contribution in [0.25, 0.3) is 0 Å². The number of rotatable bonds is 3. The van der Waals surface area contributed by atoms with Gasteiger partial charge in [0.25, 0.3) is 5.56 Å². The number of piperidine rings is 1. The van der Waals surface area contributed by atoms with Gasteiger partial charge in [-0.3, -0.25) is 4.79 Å². The zero-order chi connectivity index (χ0) is 12.3. The number of nitrogens with one attached hydrogen (secondary N) is 2. The molecule has 2 heterocycles.